The lowest BCUT2D eigenvalue weighted by Crippen LogP contribution is -2.45. The number of thiocarbonyl (C=S) groups is 1. The Balaban J connectivity index is 1.32. The predicted octanol–water partition coefficient (Wildman–Crippen LogP) is 4.03. The van der Waals surface area contributed by atoms with E-state index >= 15 is 0 Å². The van der Waals surface area contributed by atoms with Gasteiger partial charge in [-0.25, -0.2) is 0 Å². The first-order valence-corrected chi connectivity index (χ1v) is 9.56. The lowest BCUT2D eigenvalue weighted by atomic mass is 9.91. The topological polar surface area (TPSA) is 45.8 Å². The fourth-order valence-corrected chi connectivity index (χ4v) is 3.56. The van der Waals surface area contributed by atoms with Crippen LogP contribution in [0.4, 0.5) is 5.69 Å². The summed E-state index contributed by atoms with van der Waals surface area (Å²) in [6.07, 6.45) is 3.88. The molecule has 0 amide bonds. The molecule has 0 aliphatic carbocycles. The summed E-state index contributed by atoms with van der Waals surface area (Å²) < 4.78 is 0. The molecule has 1 spiro atoms. The van der Waals surface area contributed by atoms with E-state index in [2.05, 4.69) is 48.1 Å². The van der Waals surface area contributed by atoms with E-state index in [1.165, 1.54) is 5.56 Å². The molecule has 6 heteroatoms. The molecule has 2 aromatic carbocycles. The summed E-state index contributed by atoms with van der Waals surface area (Å²) in [5.41, 5.74) is 7.17. The van der Waals surface area contributed by atoms with E-state index in [0.717, 1.165) is 42.9 Å². The van der Waals surface area contributed by atoms with Gasteiger partial charge in [0, 0.05) is 18.8 Å². The van der Waals surface area contributed by atoms with Crippen molar-refractivity contribution in [2.24, 2.45) is 0 Å². The summed E-state index contributed by atoms with van der Waals surface area (Å²) in [5.74, 6) is 0. The van der Waals surface area contributed by atoms with Crippen LogP contribution >= 0.6 is 12.2 Å². The highest BCUT2D eigenvalue weighted by Gasteiger charge is 2.39. The van der Waals surface area contributed by atoms with Gasteiger partial charge in [-0.15, -0.1) is 5.06 Å². The minimum absolute atomic E-state index is 0.283. The highest BCUT2D eigenvalue weighted by molar-refractivity contribution is 7.80. The van der Waals surface area contributed by atoms with Crippen LogP contribution in [0.1, 0.15) is 24.0 Å². The van der Waals surface area contributed by atoms with Gasteiger partial charge in [0.05, 0.1) is 5.70 Å². The van der Waals surface area contributed by atoms with Crippen molar-refractivity contribution in [2.45, 2.75) is 25.4 Å². The van der Waals surface area contributed by atoms with Crippen molar-refractivity contribution in [1.82, 2.24) is 10.5 Å². The van der Waals surface area contributed by atoms with Crippen LogP contribution in [0.2, 0.25) is 0 Å². The van der Waals surface area contributed by atoms with Crippen LogP contribution in [-0.4, -0.2) is 28.9 Å². The number of hydrogen-bond donors (Lipinski definition) is 2. The van der Waals surface area contributed by atoms with Gasteiger partial charge in [-0.3, -0.25) is 10.3 Å². The van der Waals surface area contributed by atoms with Crippen molar-refractivity contribution < 1.29 is 9.68 Å². The Bertz CT molecular complexity index is 828. The Morgan fingerprint density at radius 3 is 2.52 bits per heavy atom. The van der Waals surface area contributed by atoms with Gasteiger partial charge in [0.2, 0.25) is 0 Å². The van der Waals surface area contributed by atoms with Gasteiger partial charge in [-0.05, 0) is 55.8 Å². The van der Waals surface area contributed by atoms with Crippen LogP contribution in [0.15, 0.2) is 60.7 Å². The number of anilines is 1. The van der Waals surface area contributed by atoms with E-state index in [4.69, 9.17) is 21.9 Å². The molecule has 27 heavy (non-hydrogen) atoms. The summed E-state index contributed by atoms with van der Waals surface area (Å²) >= 11 is 5.31. The Labute approximate surface area is 164 Å². The van der Waals surface area contributed by atoms with Crippen molar-refractivity contribution >= 4 is 28.8 Å². The standard InChI is InChI=1S/C21H23N3O2S/c1-16-7-9-17(10-8-16)19-15-21(26-23-19)11-13-24(14-12-21)25-20(27)22-18-5-3-2-4-6-18/h2-10,15,23H,11-14H2,1H3,(H,22,27). The maximum Gasteiger partial charge on any atom is 0.283 e. The number of nitrogens with one attached hydrogen (secondary N) is 2. The van der Waals surface area contributed by atoms with Gasteiger partial charge in [-0.2, -0.15) is 0 Å². The Kier molecular flexibility index (Phi) is 5.11. The van der Waals surface area contributed by atoms with E-state index in [9.17, 15) is 0 Å². The van der Waals surface area contributed by atoms with Crippen LogP contribution in [0.3, 0.4) is 0 Å². The van der Waals surface area contributed by atoms with Crippen LogP contribution in [-0.2, 0) is 9.68 Å². The minimum Gasteiger partial charge on any atom is -0.375 e. The maximum atomic E-state index is 5.95. The largest absolute Gasteiger partial charge is 0.375 e. The van der Waals surface area contributed by atoms with Crippen molar-refractivity contribution in [3.8, 4) is 0 Å². The highest BCUT2D eigenvalue weighted by atomic mass is 32.1. The average Bonchev–Trinajstić information content (AvgIpc) is 3.09. The molecule has 0 bridgehead atoms. The SMILES string of the molecule is Cc1ccc(C2=CC3(CCN(OC(=S)Nc4ccccc4)CC3)ON2)cc1. The molecule has 2 aromatic rings. The molecule has 0 radical (unpaired) electrons. The third-order valence-corrected chi connectivity index (χ3v) is 5.11. The highest BCUT2D eigenvalue weighted by Crippen LogP contribution is 2.34. The van der Waals surface area contributed by atoms with Crippen LogP contribution < -0.4 is 10.8 Å². The van der Waals surface area contributed by atoms with Crippen LogP contribution in [0, 0.1) is 6.92 Å². The minimum atomic E-state index is -0.283. The van der Waals surface area contributed by atoms with E-state index in [1.54, 1.807) is 0 Å². The summed E-state index contributed by atoms with van der Waals surface area (Å²) in [4.78, 5) is 11.7. The summed E-state index contributed by atoms with van der Waals surface area (Å²) in [5, 5.41) is 5.35. The van der Waals surface area contributed by atoms with E-state index in [-0.39, 0.29) is 5.60 Å². The predicted molar refractivity (Wildman–Crippen MR) is 111 cm³/mol. The number of benzene rings is 2. The normalized spacial score (nSPS) is 18.6. The zero-order valence-electron chi connectivity index (χ0n) is 15.3. The Morgan fingerprint density at radius 1 is 1.11 bits per heavy atom. The maximum absolute atomic E-state index is 5.95. The zero-order valence-corrected chi connectivity index (χ0v) is 16.1. The second-order valence-corrected chi connectivity index (χ2v) is 7.36. The van der Waals surface area contributed by atoms with Crippen molar-refractivity contribution in [3.63, 3.8) is 0 Å². The van der Waals surface area contributed by atoms with Crippen LogP contribution in [0.5, 0.6) is 0 Å². The molecular formula is C21H23N3O2S. The molecule has 140 valence electrons. The van der Waals surface area contributed by atoms with E-state index in [0.29, 0.717) is 5.17 Å². The fourth-order valence-electron chi connectivity index (χ4n) is 3.34. The van der Waals surface area contributed by atoms with E-state index in [1.807, 2.05) is 35.4 Å². The van der Waals surface area contributed by atoms with Crippen molar-refractivity contribution in [3.05, 3.63) is 71.8 Å². The third kappa shape index (κ3) is 4.30. The molecule has 0 unspecified atom stereocenters. The number of nitrogens with zero attached hydrogens (tertiary/aromatic N) is 1. The monoisotopic (exact) mass is 381 g/mol. The Hall–Kier alpha value is -2.41. The summed E-state index contributed by atoms with van der Waals surface area (Å²) in [7, 11) is 0. The number of aryl methyl sites for hydroxylation is 1. The van der Waals surface area contributed by atoms with Gasteiger partial charge < -0.3 is 10.2 Å². The van der Waals surface area contributed by atoms with Crippen molar-refractivity contribution in [1.29, 1.82) is 0 Å². The van der Waals surface area contributed by atoms with Gasteiger partial charge in [0.1, 0.15) is 5.60 Å². The van der Waals surface area contributed by atoms with Gasteiger partial charge in [0.25, 0.3) is 5.17 Å². The second kappa shape index (κ2) is 7.68. The molecule has 0 atom stereocenters. The molecule has 5 nitrogen and oxygen atoms in total. The number of hydrogen-bond acceptors (Lipinski definition) is 5. The molecule has 0 saturated carbocycles. The number of rotatable bonds is 3. The first kappa shape index (κ1) is 18.0. The molecule has 1 saturated heterocycles. The molecule has 2 N–H and O–H groups in total. The molecule has 0 aromatic heterocycles. The molecule has 2 heterocycles. The number of piperidine rings is 1. The Morgan fingerprint density at radius 2 is 1.81 bits per heavy atom. The smallest absolute Gasteiger partial charge is 0.283 e. The lowest BCUT2D eigenvalue weighted by molar-refractivity contribution is -0.142. The van der Waals surface area contributed by atoms with Crippen LogP contribution in [0.25, 0.3) is 5.70 Å². The number of hydroxylamine groups is 3. The molecule has 1 fully saturated rings. The first-order chi connectivity index (χ1) is 13.1. The molecule has 2 aliphatic rings. The summed E-state index contributed by atoms with van der Waals surface area (Å²) in [6.45, 7) is 3.58. The zero-order chi connectivity index (χ0) is 18.7. The third-order valence-electron chi connectivity index (χ3n) is 4.94. The fraction of sp³-hybridized carbons (Fsp3) is 0.286. The summed E-state index contributed by atoms with van der Waals surface area (Å²) in [6, 6.07) is 18.2. The van der Waals surface area contributed by atoms with Gasteiger partial charge in [0.15, 0.2) is 0 Å². The number of para-hydroxylation sites is 1. The van der Waals surface area contributed by atoms with Crippen molar-refractivity contribution in [2.75, 3.05) is 18.4 Å². The first-order valence-electron chi connectivity index (χ1n) is 9.15. The van der Waals surface area contributed by atoms with Gasteiger partial charge >= 0.3 is 0 Å². The molecule has 2 aliphatic heterocycles. The molecular weight excluding hydrogens is 358 g/mol. The lowest BCUT2D eigenvalue weighted by Gasteiger charge is -2.35. The van der Waals surface area contributed by atoms with E-state index < -0.39 is 0 Å². The second-order valence-electron chi connectivity index (χ2n) is 6.99. The average molecular weight is 382 g/mol. The quantitative estimate of drug-likeness (QED) is 0.783. The van der Waals surface area contributed by atoms with Gasteiger partial charge in [-0.1, -0.05) is 48.0 Å². The molecule has 4 rings (SSSR count).